The third-order valence-corrected chi connectivity index (χ3v) is 3.20. The molecule has 0 amide bonds. The first-order valence-corrected chi connectivity index (χ1v) is 6.30. The summed E-state index contributed by atoms with van der Waals surface area (Å²) in [6.07, 6.45) is 0. The van der Waals surface area contributed by atoms with E-state index in [0.29, 0.717) is 0 Å². The number of halogens is 1. The second-order valence-corrected chi connectivity index (χ2v) is 5.02. The summed E-state index contributed by atoms with van der Waals surface area (Å²) < 4.78 is 1.21. The van der Waals surface area contributed by atoms with Crippen LogP contribution in [0.3, 0.4) is 0 Å². The molecule has 2 rings (SSSR count). The first-order chi connectivity index (χ1) is 8.19. The molecule has 0 aliphatic carbocycles. The van der Waals surface area contributed by atoms with E-state index in [4.69, 9.17) is 5.26 Å². The molecular weight excluding hydrogens is 323 g/mol. The van der Waals surface area contributed by atoms with Gasteiger partial charge in [0, 0.05) is 14.9 Å². The Balaban J connectivity index is 2.22. The third kappa shape index (κ3) is 2.98. The monoisotopic (exact) mass is 334 g/mol. The number of nitrogens with zero attached hydrogens (tertiary/aromatic N) is 1. The molecule has 17 heavy (non-hydrogen) atoms. The quantitative estimate of drug-likeness (QED) is 0.835. The van der Waals surface area contributed by atoms with Gasteiger partial charge in [0.2, 0.25) is 0 Å². The molecule has 0 aliphatic rings. The van der Waals surface area contributed by atoms with Gasteiger partial charge < -0.3 is 5.32 Å². The highest BCUT2D eigenvalue weighted by Crippen LogP contribution is 2.20. The predicted molar refractivity (Wildman–Crippen MR) is 78.3 cm³/mol. The average Bonchev–Trinajstić information content (AvgIpc) is 2.32. The summed E-state index contributed by atoms with van der Waals surface area (Å²) >= 11 is 2.28. The van der Waals surface area contributed by atoms with Gasteiger partial charge in [-0.2, -0.15) is 5.26 Å². The molecule has 2 nitrogen and oxygen atoms in total. The van der Waals surface area contributed by atoms with E-state index >= 15 is 0 Å². The smallest absolute Gasteiger partial charge is 0.0994 e. The van der Waals surface area contributed by atoms with Crippen molar-refractivity contribution in [2.45, 2.75) is 6.92 Å². The molecular formula is C14H11IN2. The maximum absolute atomic E-state index is 8.86. The van der Waals surface area contributed by atoms with Crippen LogP contribution in [0, 0.1) is 21.8 Å². The van der Waals surface area contributed by atoms with Crippen molar-refractivity contribution in [3.63, 3.8) is 0 Å². The summed E-state index contributed by atoms with van der Waals surface area (Å²) in [5.74, 6) is 0. The predicted octanol–water partition coefficient (Wildman–Crippen LogP) is 4.21. The van der Waals surface area contributed by atoms with Gasteiger partial charge in [0.05, 0.1) is 11.6 Å². The SMILES string of the molecule is Cc1cc(Nc2ccc(I)cc2)ccc1C#N. The largest absolute Gasteiger partial charge is 0.356 e. The number of benzene rings is 2. The Labute approximate surface area is 114 Å². The van der Waals surface area contributed by atoms with Crippen LogP contribution in [0.25, 0.3) is 0 Å². The summed E-state index contributed by atoms with van der Waals surface area (Å²) in [6.45, 7) is 1.94. The minimum absolute atomic E-state index is 0.721. The lowest BCUT2D eigenvalue weighted by atomic mass is 10.1. The van der Waals surface area contributed by atoms with Gasteiger partial charge in [-0.3, -0.25) is 0 Å². The lowest BCUT2D eigenvalue weighted by Crippen LogP contribution is -1.92. The Hall–Kier alpha value is -1.54. The van der Waals surface area contributed by atoms with Crippen LogP contribution in [-0.4, -0.2) is 0 Å². The van der Waals surface area contributed by atoms with E-state index in [0.717, 1.165) is 22.5 Å². The molecule has 2 aromatic carbocycles. The van der Waals surface area contributed by atoms with E-state index in [1.54, 1.807) is 0 Å². The molecule has 0 radical (unpaired) electrons. The Bertz CT molecular complexity index is 568. The molecule has 0 saturated carbocycles. The van der Waals surface area contributed by atoms with Gasteiger partial charge in [-0.15, -0.1) is 0 Å². The van der Waals surface area contributed by atoms with Gasteiger partial charge in [0.25, 0.3) is 0 Å². The van der Waals surface area contributed by atoms with E-state index < -0.39 is 0 Å². The van der Waals surface area contributed by atoms with Gasteiger partial charge in [-0.25, -0.2) is 0 Å². The molecule has 0 spiro atoms. The highest BCUT2D eigenvalue weighted by Gasteiger charge is 1.99. The molecule has 0 aromatic heterocycles. The molecule has 0 saturated heterocycles. The summed E-state index contributed by atoms with van der Waals surface area (Å²) in [7, 11) is 0. The number of hydrogen-bond acceptors (Lipinski definition) is 2. The summed E-state index contributed by atoms with van der Waals surface area (Å²) in [6, 6.07) is 16.1. The third-order valence-electron chi connectivity index (χ3n) is 2.48. The van der Waals surface area contributed by atoms with Crippen molar-refractivity contribution in [2.24, 2.45) is 0 Å². The van der Waals surface area contributed by atoms with Crippen LogP contribution in [0.15, 0.2) is 42.5 Å². The van der Waals surface area contributed by atoms with Gasteiger partial charge in [0.1, 0.15) is 0 Å². The number of nitriles is 1. The number of aryl methyl sites for hydroxylation is 1. The molecule has 0 fully saturated rings. The fraction of sp³-hybridized carbons (Fsp3) is 0.0714. The first-order valence-electron chi connectivity index (χ1n) is 5.22. The molecule has 3 heteroatoms. The average molecular weight is 334 g/mol. The second-order valence-electron chi connectivity index (χ2n) is 3.77. The Morgan fingerprint density at radius 2 is 1.71 bits per heavy atom. The van der Waals surface area contributed by atoms with Crippen molar-refractivity contribution in [3.8, 4) is 6.07 Å². The summed E-state index contributed by atoms with van der Waals surface area (Å²) in [5.41, 5.74) is 3.76. The first kappa shape index (κ1) is 11.9. The zero-order valence-electron chi connectivity index (χ0n) is 9.37. The van der Waals surface area contributed by atoms with Gasteiger partial charge in [0.15, 0.2) is 0 Å². The van der Waals surface area contributed by atoms with Crippen LogP contribution in [0.4, 0.5) is 11.4 Å². The number of anilines is 2. The van der Waals surface area contributed by atoms with Crippen molar-refractivity contribution in [3.05, 3.63) is 57.2 Å². The minimum atomic E-state index is 0.721. The van der Waals surface area contributed by atoms with Gasteiger partial charge in [-0.1, -0.05) is 0 Å². The number of nitrogens with one attached hydrogen (secondary N) is 1. The molecule has 0 aliphatic heterocycles. The summed E-state index contributed by atoms with van der Waals surface area (Å²) in [5, 5.41) is 12.2. The highest BCUT2D eigenvalue weighted by atomic mass is 127. The van der Waals surface area contributed by atoms with Crippen molar-refractivity contribution >= 4 is 34.0 Å². The Morgan fingerprint density at radius 3 is 2.29 bits per heavy atom. The topological polar surface area (TPSA) is 35.8 Å². The summed E-state index contributed by atoms with van der Waals surface area (Å²) in [4.78, 5) is 0. The fourth-order valence-corrected chi connectivity index (χ4v) is 1.93. The van der Waals surface area contributed by atoms with Gasteiger partial charge >= 0.3 is 0 Å². The highest BCUT2D eigenvalue weighted by molar-refractivity contribution is 14.1. The molecule has 1 N–H and O–H groups in total. The van der Waals surface area contributed by atoms with E-state index in [9.17, 15) is 0 Å². The normalized spacial score (nSPS) is 9.71. The van der Waals surface area contributed by atoms with Crippen molar-refractivity contribution in [1.29, 1.82) is 5.26 Å². The van der Waals surface area contributed by atoms with Crippen molar-refractivity contribution in [2.75, 3.05) is 5.32 Å². The number of hydrogen-bond donors (Lipinski definition) is 1. The van der Waals surface area contributed by atoms with Crippen LogP contribution in [-0.2, 0) is 0 Å². The lowest BCUT2D eigenvalue weighted by Gasteiger charge is -2.08. The van der Waals surface area contributed by atoms with Crippen LogP contribution >= 0.6 is 22.6 Å². The van der Waals surface area contributed by atoms with Crippen LogP contribution in [0.2, 0.25) is 0 Å². The molecule has 0 bridgehead atoms. The van der Waals surface area contributed by atoms with E-state index in [2.05, 4.69) is 46.1 Å². The van der Waals surface area contributed by atoms with Gasteiger partial charge in [-0.05, 0) is 77.5 Å². The minimum Gasteiger partial charge on any atom is -0.356 e. The fourth-order valence-electron chi connectivity index (χ4n) is 1.57. The second kappa shape index (κ2) is 5.19. The van der Waals surface area contributed by atoms with E-state index in [1.807, 2.05) is 37.3 Å². The van der Waals surface area contributed by atoms with E-state index in [1.165, 1.54) is 3.57 Å². The van der Waals surface area contributed by atoms with Crippen LogP contribution in [0.1, 0.15) is 11.1 Å². The molecule has 0 heterocycles. The Kier molecular flexibility index (Phi) is 3.64. The zero-order chi connectivity index (χ0) is 12.3. The lowest BCUT2D eigenvalue weighted by molar-refractivity contribution is 1.38. The van der Waals surface area contributed by atoms with Crippen molar-refractivity contribution in [1.82, 2.24) is 0 Å². The standard InChI is InChI=1S/C14H11IN2/c1-10-8-14(5-2-11(10)9-16)17-13-6-3-12(15)4-7-13/h2-8,17H,1H3. The maximum atomic E-state index is 8.86. The van der Waals surface area contributed by atoms with Crippen molar-refractivity contribution < 1.29 is 0 Å². The van der Waals surface area contributed by atoms with E-state index in [-0.39, 0.29) is 0 Å². The van der Waals surface area contributed by atoms with Crippen LogP contribution < -0.4 is 5.32 Å². The molecule has 0 unspecified atom stereocenters. The molecule has 2 aromatic rings. The zero-order valence-corrected chi connectivity index (χ0v) is 11.5. The Morgan fingerprint density at radius 1 is 1.06 bits per heavy atom. The number of rotatable bonds is 2. The molecule has 84 valence electrons. The van der Waals surface area contributed by atoms with Crippen LogP contribution in [0.5, 0.6) is 0 Å². The maximum Gasteiger partial charge on any atom is 0.0994 e. The molecule has 0 atom stereocenters.